The van der Waals surface area contributed by atoms with Crippen LogP contribution in [0.1, 0.15) is 38.1 Å². The van der Waals surface area contributed by atoms with Crippen LogP contribution in [0.15, 0.2) is 52.3 Å². The molecule has 1 heterocycles. The molecule has 1 aromatic heterocycles. The predicted octanol–water partition coefficient (Wildman–Crippen LogP) is 4.21. The van der Waals surface area contributed by atoms with Crippen LogP contribution in [-0.4, -0.2) is 83.5 Å². The van der Waals surface area contributed by atoms with Crippen LogP contribution in [0.4, 0.5) is 5.13 Å². The summed E-state index contributed by atoms with van der Waals surface area (Å²) in [5.41, 5.74) is 0.935. The summed E-state index contributed by atoms with van der Waals surface area (Å²) in [6.07, 6.45) is 1.15. The number of carbonyl (C=O) groups is 1. The second-order valence-electron chi connectivity index (χ2n) is 10.8. The Morgan fingerprint density at radius 2 is 1.44 bits per heavy atom. The number of rotatable bonds is 12. The van der Waals surface area contributed by atoms with Gasteiger partial charge in [-0.3, -0.25) is 9.69 Å². The summed E-state index contributed by atoms with van der Waals surface area (Å²) in [5.74, 6) is 0.0308. The molecule has 3 rings (SSSR count). The van der Waals surface area contributed by atoms with Crippen molar-refractivity contribution in [3.63, 3.8) is 0 Å². The lowest BCUT2D eigenvalue weighted by atomic mass is 10.2. The lowest BCUT2D eigenvalue weighted by Crippen LogP contribution is -2.37. The standard InChI is InChI=1S/C27H38N4O5S3/c1-19(2)17-30(18-20(3)4)39(35,36)22-10-8-21(9-11-22)26(32)31(15-14-29(5)6)27-28-24-13-12-23(38(7,33)34)16-25(24)37-27/h8-13,16,19-20H,14-15,17-18H2,1-7H3. The highest BCUT2D eigenvalue weighted by Gasteiger charge is 2.27. The maximum atomic E-state index is 13.7. The molecule has 214 valence electrons. The zero-order chi connectivity index (χ0) is 29.1. The summed E-state index contributed by atoms with van der Waals surface area (Å²) < 4.78 is 52.9. The van der Waals surface area contributed by atoms with E-state index in [1.807, 2.05) is 46.7 Å². The first-order valence-electron chi connectivity index (χ1n) is 12.8. The highest BCUT2D eigenvalue weighted by atomic mass is 32.2. The Labute approximate surface area is 236 Å². The second kappa shape index (κ2) is 12.4. The van der Waals surface area contributed by atoms with Gasteiger partial charge in [0.2, 0.25) is 10.0 Å². The third-order valence-corrected chi connectivity index (χ3v) is 9.90. The van der Waals surface area contributed by atoms with Crippen molar-refractivity contribution >= 4 is 52.5 Å². The number of amides is 1. The number of fused-ring (bicyclic) bond motifs is 1. The van der Waals surface area contributed by atoms with Gasteiger partial charge in [0, 0.05) is 38.0 Å². The molecule has 39 heavy (non-hydrogen) atoms. The molecular formula is C27H38N4O5S3. The number of benzene rings is 2. The number of hydrogen-bond donors (Lipinski definition) is 0. The van der Waals surface area contributed by atoms with Crippen molar-refractivity contribution in [1.82, 2.24) is 14.2 Å². The topological polar surface area (TPSA) is 108 Å². The van der Waals surface area contributed by atoms with Crippen LogP contribution in [0.5, 0.6) is 0 Å². The molecule has 0 aliphatic rings. The molecule has 0 aliphatic heterocycles. The van der Waals surface area contributed by atoms with Crippen molar-refractivity contribution in [3.8, 4) is 0 Å². The van der Waals surface area contributed by atoms with Crippen LogP contribution in [0.3, 0.4) is 0 Å². The Kier molecular flexibility index (Phi) is 9.92. The fourth-order valence-electron chi connectivity index (χ4n) is 3.98. The van der Waals surface area contributed by atoms with Gasteiger partial charge < -0.3 is 4.90 Å². The van der Waals surface area contributed by atoms with E-state index in [2.05, 4.69) is 4.98 Å². The van der Waals surface area contributed by atoms with Crippen molar-refractivity contribution in [2.75, 3.05) is 51.4 Å². The normalized spacial score (nSPS) is 12.8. The number of carbonyl (C=O) groups excluding carboxylic acids is 1. The van der Waals surface area contributed by atoms with Crippen molar-refractivity contribution in [2.45, 2.75) is 37.5 Å². The molecular weight excluding hydrogens is 557 g/mol. The Morgan fingerprint density at radius 3 is 1.95 bits per heavy atom. The van der Waals surface area contributed by atoms with Crippen molar-refractivity contribution in [2.24, 2.45) is 11.8 Å². The van der Waals surface area contributed by atoms with E-state index in [1.54, 1.807) is 17.0 Å². The van der Waals surface area contributed by atoms with Gasteiger partial charge in [-0.25, -0.2) is 21.8 Å². The van der Waals surface area contributed by atoms with Gasteiger partial charge in [0.15, 0.2) is 15.0 Å². The van der Waals surface area contributed by atoms with Crippen molar-refractivity contribution in [1.29, 1.82) is 0 Å². The van der Waals surface area contributed by atoms with E-state index in [-0.39, 0.29) is 27.5 Å². The van der Waals surface area contributed by atoms with Crippen LogP contribution < -0.4 is 4.90 Å². The maximum Gasteiger partial charge on any atom is 0.260 e. The molecule has 9 nitrogen and oxygen atoms in total. The largest absolute Gasteiger partial charge is 0.308 e. The molecule has 0 N–H and O–H groups in total. The molecule has 0 bridgehead atoms. The average Bonchev–Trinajstić information content (AvgIpc) is 3.25. The number of sulfonamides is 1. The van der Waals surface area contributed by atoms with E-state index < -0.39 is 19.9 Å². The monoisotopic (exact) mass is 594 g/mol. The first-order chi connectivity index (χ1) is 18.1. The number of likely N-dealkylation sites (N-methyl/N-ethyl adjacent to an activating group) is 1. The Balaban J connectivity index is 1.95. The first-order valence-corrected chi connectivity index (χ1v) is 16.9. The van der Waals surface area contributed by atoms with Gasteiger partial charge in [-0.1, -0.05) is 39.0 Å². The first kappa shape index (κ1) is 31.2. The minimum absolute atomic E-state index is 0.147. The molecule has 0 aliphatic carbocycles. The summed E-state index contributed by atoms with van der Waals surface area (Å²) in [6.45, 7) is 9.68. The van der Waals surface area contributed by atoms with E-state index in [1.165, 1.54) is 46.0 Å². The molecule has 0 radical (unpaired) electrons. The molecule has 0 spiro atoms. The molecule has 0 fully saturated rings. The van der Waals surface area contributed by atoms with Gasteiger partial charge in [-0.05, 0) is 68.4 Å². The van der Waals surface area contributed by atoms with E-state index >= 15 is 0 Å². The van der Waals surface area contributed by atoms with Gasteiger partial charge in [0.05, 0.1) is 20.0 Å². The minimum atomic E-state index is -3.72. The molecule has 0 saturated heterocycles. The van der Waals surface area contributed by atoms with Gasteiger partial charge in [-0.2, -0.15) is 4.31 Å². The number of sulfone groups is 1. The van der Waals surface area contributed by atoms with Gasteiger partial charge in [-0.15, -0.1) is 0 Å². The molecule has 3 aromatic rings. The second-order valence-corrected chi connectivity index (χ2v) is 15.8. The lowest BCUT2D eigenvalue weighted by Gasteiger charge is -2.26. The maximum absolute atomic E-state index is 13.7. The quantitative estimate of drug-likeness (QED) is 0.309. The molecule has 0 atom stereocenters. The SMILES string of the molecule is CC(C)CN(CC(C)C)S(=O)(=O)c1ccc(C(=O)N(CCN(C)C)c2nc3ccc(S(C)(=O)=O)cc3s2)cc1. The Morgan fingerprint density at radius 1 is 0.872 bits per heavy atom. The van der Waals surface area contributed by atoms with E-state index in [0.29, 0.717) is 47.1 Å². The summed E-state index contributed by atoms with van der Waals surface area (Å²) >= 11 is 1.24. The fourth-order valence-corrected chi connectivity index (χ4v) is 7.50. The molecule has 1 amide bonds. The fraction of sp³-hybridized carbons (Fsp3) is 0.481. The number of hydrogen-bond acceptors (Lipinski definition) is 8. The van der Waals surface area contributed by atoms with Crippen LogP contribution in [-0.2, 0) is 19.9 Å². The molecule has 12 heteroatoms. The van der Waals surface area contributed by atoms with Gasteiger partial charge in [0.1, 0.15) is 0 Å². The van der Waals surface area contributed by atoms with Crippen LogP contribution in [0, 0.1) is 11.8 Å². The highest BCUT2D eigenvalue weighted by Crippen LogP contribution is 2.31. The van der Waals surface area contributed by atoms with Gasteiger partial charge in [0.25, 0.3) is 5.91 Å². The summed E-state index contributed by atoms with van der Waals surface area (Å²) in [6, 6.07) is 10.8. The third kappa shape index (κ3) is 7.85. The number of aromatic nitrogens is 1. The van der Waals surface area contributed by atoms with Crippen LogP contribution in [0.25, 0.3) is 10.2 Å². The lowest BCUT2D eigenvalue weighted by molar-refractivity contribution is 0.0985. The molecule has 0 saturated carbocycles. The minimum Gasteiger partial charge on any atom is -0.308 e. The van der Waals surface area contributed by atoms with Crippen molar-refractivity contribution < 1.29 is 21.6 Å². The predicted molar refractivity (Wildman–Crippen MR) is 158 cm³/mol. The average molecular weight is 595 g/mol. The number of anilines is 1. The number of nitrogens with zero attached hydrogens (tertiary/aromatic N) is 4. The van der Waals surface area contributed by atoms with E-state index in [4.69, 9.17) is 0 Å². The Bertz CT molecular complexity index is 1500. The van der Waals surface area contributed by atoms with Crippen LogP contribution >= 0.6 is 11.3 Å². The van der Waals surface area contributed by atoms with Gasteiger partial charge >= 0.3 is 0 Å². The van der Waals surface area contributed by atoms with Crippen LogP contribution in [0.2, 0.25) is 0 Å². The summed E-state index contributed by atoms with van der Waals surface area (Å²) in [5, 5.41) is 0.444. The Hall–Kier alpha value is -2.38. The summed E-state index contributed by atoms with van der Waals surface area (Å²) in [7, 11) is -3.30. The van der Waals surface area contributed by atoms with E-state index in [9.17, 15) is 21.6 Å². The zero-order valence-corrected chi connectivity index (χ0v) is 26.0. The highest BCUT2D eigenvalue weighted by molar-refractivity contribution is 7.90. The third-order valence-electron chi connectivity index (χ3n) is 5.90. The molecule has 0 unspecified atom stereocenters. The summed E-state index contributed by atoms with van der Waals surface area (Å²) in [4.78, 5) is 22.1. The smallest absolute Gasteiger partial charge is 0.260 e. The number of thiazole rings is 1. The molecule has 2 aromatic carbocycles. The van der Waals surface area contributed by atoms with E-state index in [0.717, 1.165) is 6.26 Å². The van der Waals surface area contributed by atoms with Crippen molar-refractivity contribution in [3.05, 3.63) is 48.0 Å². The zero-order valence-electron chi connectivity index (χ0n) is 23.6.